The lowest BCUT2D eigenvalue weighted by Crippen LogP contribution is -2.18. The maximum atomic E-state index is 12.0. The first-order valence-corrected chi connectivity index (χ1v) is 9.23. The van der Waals surface area contributed by atoms with Crippen molar-refractivity contribution in [2.75, 3.05) is 13.8 Å². The zero-order valence-electron chi connectivity index (χ0n) is 15.3. The number of fused-ring (bicyclic) bond motifs is 2. The molecule has 0 aliphatic carbocycles. The molecule has 0 spiro atoms. The predicted octanol–water partition coefficient (Wildman–Crippen LogP) is 4.37. The van der Waals surface area contributed by atoms with E-state index in [1.165, 1.54) is 0 Å². The second-order valence-corrected chi connectivity index (χ2v) is 7.15. The van der Waals surface area contributed by atoms with Crippen LogP contribution in [0.25, 0.3) is 11.0 Å². The number of nitrogens with zero attached hydrogens (tertiary/aromatic N) is 1. The molecule has 27 heavy (non-hydrogen) atoms. The van der Waals surface area contributed by atoms with E-state index in [2.05, 4.69) is 4.90 Å². The van der Waals surface area contributed by atoms with E-state index in [-0.39, 0.29) is 12.4 Å². The van der Waals surface area contributed by atoms with E-state index in [9.17, 15) is 4.79 Å². The average Bonchev–Trinajstić information content (AvgIpc) is 3.09. The van der Waals surface area contributed by atoms with Crippen molar-refractivity contribution in [2.24, 2.45) is 0 Å². The lowest BCUT2D eigenvalue weighted by molar-refractivity contribution is 0.174. The minimum atomic E-state index is -0.349. The largest absolute Gasteiger partial charge is 0.454 e. The lowest BCUT2D eigenvalue weighted by Gasteiger charge is -2.18. The molecule has 1 aromatic heterocycles. The molecule has 2 heterocycles. The van der Waals surface area contributed by atoms with E-state index in [1.54, 1.807) is 6.07 Å². The topological polar surface area (TPSA) is 51.9 Å². The van der Waals surface area contributed by atoms with E-state index in [0.717, 1.165) is 40.0 Å². The maximum absolute atomic E-state index is 12.0. The van der Waals surface area contributed by atoms with Crippen LogP contribution in [0.4, 0.5) is 0 Å². The second kappa shape index (κ2) is 7.25. The van der Waals surface area contributed by atoms with Gasteiger partial charge < -0.3 is 13.9 Å². The van der Waals surface area contributed by atoms with E-state index in [4.69, 9.17) is 25.5 Å². The molecule has 0 fully saturated rings. The zero-order chi connectivity index (χ0) is 19.0. The average molecular weight is 386 g/mol. The fourth-order valence-corrected chi connectivity index (χ4v) is 3.69. The minimum Gasteiger partial charge on any atom is -0.454 e. The highest BCUT2D eigenvalue weighted by Crippen LogP contribution is 2.33. The van der Waals surface area contributed by atoms with Crippen LogP contribution < -0.4 is 15.1 Å². The van der Waals surface area contributed by atoms with E-state index in [0.29, 0.717) is 23.7 Å². The number of ether oxygens (including phenoxy) is 2. The number of halogens is 1. The monoisotopic (exact) mass is 385 g/mol. The van der Waals surface area contributed by atoms with Crippen LogP contribution in [-0.4, -0.2) is 18.7 Å². The third-order valence-corrected chi connectivity index (χ3v) is 5.06. The van der Waals surface area contributed by atoms with Crippen LogP contribution in [0.5, 0.6) is 11.5 Å². The Bertz CT molecular complexity index is 1060. The van der Waals surface area contributed by atoms with Gasteiger partial charge in [0.05, 0.1) is 0 Å². The second-order valence-electron chi connectivity index (χ2n) is 6.74. The van der Waals surface area contributed by atoms with Gasteiger partial charge >= 0.3 is 5.63 Å². The summed E-state index contributed by atoms with van der Waals surface area (Å²) in [6.45, 7) is 3.59. The van der Waals surface area contributed by atoms with Gasteiger partial charge in [0.2, 0.25) is 6.79 Å². The van der Waals surface area contributed by atoms with Crippen molar-refractivity contribution >= 4 is 22.6 Å². The van der Waals surface area contributed by atoms with Gasteiger partial charge in [-0.15, -0.1) is 0 Å². The van der Waals surface area contributed by atoms with E-state index in [1.807, 2.05) is 44.3 Å². The van der Waals surface area contributed by atoms with Gasteiger partial charge in [-0.05, 0) is 54.4 Å². The molecular weight excluding hydrogens is 366 g/mol. The molecule has 1 aliphatic rings. The van der Waals surface area contributed by atoms with Gasteiger partial charge in [0, 0.05) is 29.6 Å². The quantitative estimate of drug-likeness (QED) is 0.610. The summed E-state index contributed by atoms with van der Waals surface area (Å²) < 4.78 is 16.2. The maximum Gasteiger partial charge on any atom is 0.336 e. The number of benzene rings is 2. The molecule has 0 atom stereocenters. The smallest absolute Gasteiger partial charge is 0.336 e. The third kappa shape index (κ3) is 3.66. The fourth-order valence-electron chi connectivity index (χ4n) is 3.39. The predicted molar refractivity (Wildman–Crippen MR) is 105 cm³/mol. The van der Waals surface area contributed by atoms with E-state index >= 15 is 0 Å². The van der Waals surface area contributed by atoms with E-state index < -0.39 is 0 Å². The Labute approximate surface area is 162 Å². The summed E-state index contributed by atoms with van der Waals surface area (Å²) in [6, 6.07) is 11.2. The van der Waals surface area contributed by atoms with Crippen LogP contribution >= 0.6 is 11.6 Å². The Kier molecular flexibility index (Phi) is 4.81. The molecule has 4 rings (SSSR count). The summed E-state index contributed by atoms with van der Waals surface area (Å²) in [5.41, 5.74) is 3.21. The molecule has 2 aromatic carbocycles. The van der Waals surface area contributed by atoms with Crippen molar-refractivity contribution in [1.29, 1.82) is 0 Å². The highest BCUT2D eigenvalue weighted by atomic mass is 35.5. The van der Waals surface area contributed by atoms with Crippen molar-refractivity contribution in [3.63, 3.8) is 0 Å². The molecule has 0 unspecified atom stereocenters. The van der Waals surface area contributed by atoms with Crippen LogP contribution in [0.2, 0.25) is 5.02 Å². The molecule has 0 bridgehead atoms. The SMILES string of the molecule is CCc1cc2oc(=O)cc(CN(C)Cc3ccc4c(c3)OCO4)c2cc1Cl. The van der Waals surface area contributed by atoms with Crippen molar-refractivity contribution in [2.45, 2.75) is 26.4 Å². The summed E-state index contributed by atoms with van der Waals surface area (Å²) in [5.74, 6) is 1.54. The van der Waals surface area contributed by atoms with Gasteiger partial charge in [-0.1, -0.05) is 24.6 Å². The number of aryl methyl sites for hydroxylation is 1. The molecule has 140 valence electrons. The van der Waals surface area contributed by atoms with Crippen molar-refractivity contribution in [3.05, 3.63) is 68.5 Å². The Morgan fingerprint density at radius 3 is 2.67 bits per heavy atom. The molecule has 6 heteroatoms. The highest BCUT2D eigenvalue weighted by Gasteiger charge is 2.15. The van der Waals surface area contributed by atoms with Crippen molar-refractivity contribution in [3.8, 4) is 11.5 Å². The van der Waals surface area contributed by atoms with Crippen LogP contribution in [0.15, 0.2) is 45.6 Å². The van der Waals surface area contributed by atoms with Crippen LogP contribution in [0.1, 0.15) is 23.6 Å². The molecule has 0 amide bonds. The summed E-state index contributed by atoms with van der Waals surface area (Å²) >= 11 is 6.38. The third-order valence-electron chi connectivity index (χ3n) is 4.71. The minimum absolute atomic E-state index is 0.265. The number of rotatable bonds is 5. The van der Waals surface area contributed by atoms with Crippen molar-refractivity contribution < 1.29 is 13.9 Å². The first-order chi connectivity index (χ1) is 13.0. The summed E-state index contributed by atoms with van der Waals surface area (Å²) in [4.78, 5) is 14.1. The van der Waals surface area contributed by atoms with Crippen molar-refractivity contribution in [1.82, 2.24) is 4.90 Å². The first-order valence-electron chi connectivity index (χ1n) is 8.85. The number of hydrogen-bond acceptors (Lipinski definition) is 5. The Morgan fingerprint density at radius 2 is 1.85 bits per heavy atom. The molecule has 1 aliphatic heterocycles. The van der Waals surface area contributed by atoms with Crippen LogP contribution in [0.3, 0.4) is 0 Å². The Morgan fingerprint density at radius 1 is 1.04 bits per heavy atom. The molecule has 5 nitrogen and oxygen atoms in total. The van der Waals surface area contributed by atoms with Gasteiger partial charge in [-0.3, -0.25) is 4.90 Å². The molecule has 0 saturated heterocycles. The highest BCUT2D eigenvalue weighted by molar-refractivity contribution is 6.32. The molecule has 0 N–H and O–H groups in total. The summed E-state index contributed by atoms with van der Waals surface area (Å²) in [5, 5.41) is 1.56. The molecular formula is C21H20ClNO4. The Hall–Kier alpha value is -2.50. The fraction of sp³-hybridized carbons (Fsp3) is 0.286. The lowest BCUT2D eigenvalue weighted by atomic mass is 10.1. The number of hydrogen-bond donors (Lipinski definition) is 0. The summed E-state index contributed by atoms with van der Waals surface area (Å²) in [7, 11) is 2.01. The van der Waals surface area contributed by atoms with Crippen LogP contribution in [-0.2, 0) is 19.5 Å². The molecule has 0 radical (unpaired) electrons. The van der Waals surface area contributed by atoms with Gasteiger partial charge in [0.15, 0.2) is 11.5 Å². The van der Waals surface area contributed by atoms with Gasteiger partial charge in [-0.2, -0.15) is 0 Å². The molecule has 0 saturated carbocycles. The van der Waals surface area contributed by atoms with Gasteiger partial charge in [0.1, 0.15) is 5.58 Å². The molecule has 3 aromatic rings. The summed E-state index contributed by atoms with van der Waals surface area (Å²) in [6.07, 6.45) is 0.784. The normalized spacial score (nSPS) is 12.9. The zero-order valence-corrected chi connectivity index (χ0v) is 16.0. The van der Waals surface area contributed by atoms with Gasteiger partial charge in [-0.25, -0.2) is 4.79 Å². The van der Waals surface area contributed by atoms with Gasteiger partial charge in [0.25, 0.3) is 0 Å². The standard InChI is InChI=1S/C21H20ClNO4/c1-3-14-7-19-16(9-17(14)22)15(8-21(24)27-19)11-23(2)10-13-4-5-18-20(6-13)26-12-25-18/h4-9H,3,10-12H2,1-2H3. The first kappa shape index (κ1) is 17.9. The Balaban J connectivity index is 1.60. The van der Waals surface area contributed by atoms with Crippen LogP contribution in [0, 0.1) is 0 Å².